The summed E-state index contributed by atoms with van der Waals surface area (Å²) >= 11 is 3.48. The Morgan fingerprint density at radius 2 is 2.08 bits per heavy atom. The molecule has 1 atom stereocenters. The molecular formula is C26H24BrFN8. The second kappa shape index (κ2) is 10.3. The van der Waals surface area contributed by atoms with Gasteiger partial charge < -0.3 is 14.8 Å². The Morgan fingerprint density at radius 1 is 1.25 bits per heavy atom. The number of fused-ring (bicyclic) bond motifs is 1. The Hall–Kier alpha value is -3.97. The van der Waals surface area contributed by atoms with Crippen molar-refractivity contribution in [2.24, 2.45) is 4.99 Å². The summed E-state index contributed by atoms with van der Waals surface area (Å²) in [6, 6.07) is 14.1. The van der Waals surface area contributed by atoms with Gasteiger partial charge in [-0.1, -0.05) is 34.1 Å². The van der Waals surface area contributed by atoms with Crippen LogP contribution >= 0.6 is 15.9 Å². The van der Waals surface area contributed by atoms with E-state index in [9.17, 15) is 9.65 Å². The van der Waals surface area contributed by atoms with Gasteiger partial charge in [-0.05, 0) is 54.8 Å². The Kier molecular flexibility index (Phi) is 6.82. The van der Waals surface area contributed by atoms with E-state index >= 15 is 0 Å². The topological polar surface area (TPSA) is 96.2 Å². The van der Waals surface area contributed by atoms with E-state index < -0.39 is 0 Å². The largest absolute Gasteiger partial charge is 0.352 e. The highest BCUT2D eigenvalue weighted by molar-refractivity contribution is 9.10. The smallest absolute Gasteiger partial charge is 0.212 e. The fraction of sp³-hybridized carbons (Fsp3) is 0.231. The van der Waals surface area contributed by atoms with Gasteiger partial charge in [0.15, 0.2) is 6.19 Å². The third kappa shape index (κ3) is 5.02. The number of aryl methyl sites for hydroxylation is 1. The fourth-order valence-corrected chi connectivity index (χ4v) is 5.00. The number of guanidine groups is 1. The number of anilines is 1. The van der Waals surface area contributed by atoms with Crippen LogP contribution in [0.4, 0.5) is 15.9 Å². The van der Waals surface area contributed by atoms with Gasteiger partial charge in [0.2, 0.25) is 5.96 Å². The second-order valence-electron chi connectivity index (χ2n) is 8.67. The zero-order valence-electron chi connectivity index (χ0n) is 19.6. The van der Waals surface area contributed by atoms with Crippen LogP contribution in [0.15, 0.2) is 70.5 Å². The molecule has 2 N–H and O–H groups in total. The molecule has 0 radical (unpaired) electrons. The number of nitrogens with zero attached hydrogens (tertiary/aromatic N) is 6. The highest BCUT2D eigenvalue weighted by atomic mass is 79.9. The van der Waals surface area contributed by atoms with E-state index in [-0.39, 0.29) is 11.9 Å². The molecule has 3 heterocycles. The van der Waals surface area contributed by atoms with Crippen molar-refractivity contribution < 1.29 is 4.39 Å². The molecule has 10 heteroatoms. The van der Waals surface area contributed by atoms with Gasteiger partial charge in [0.1, 0.15) is 23.6 Å². The molecule has 0 amide bonds. The van der Waals surface area contributed by atoms with Crippen molar-refractivity contribution in [2.75, 3.05) is 24.5 Å². The molecular weight excluding hydrogens is 523 g/mol. The normalized spacial score (nSPS) is 16.3. The van der Waals surface area contributed by atoms with Gasteiger partial charge >= 0.3 is 0 Å². The summed E-state index contributed by atoms with van der Waals surface area (Å²) in [5.41, 5.74) is 3.61. The first-order valence-electron chi connectivity index (χ1n) is 11.6. The van der Waals surface area contributed by atoms with Gasteiger partial charge in [0.05, 0.1) is 17.1 Å². The lowest BCUT2D eigenvalue weighted by Gasteiger charge is -2.43. The number of aromatic nitrogens is 3. The predicted molar refractivity (Wildman–Crippen MR) is 141 cm³/mol. The number of hydrogen-bond acceptors (Lipinski definition) is 5. The summed E-state index contributed by atoms with van der Waals surface area (Å²) in [7, 11) is 0. The van der Waals surface area contributed by atoms with Gasteiger partial charge in [0, 0.05) is 30.3 Å². The molecule has 1 aliphatic rings. The van der Waals surface area contributed by atoms with Crippen LogP contribution in [0, 0.1) is 24.2 Å². The van der Waals surface area contributed by atoms with Crippen molar-refractivity contribution in [3.8, 4) is 6.19 Å². The van der Waals surface area contributed by atoms with E-state index in [1.807, 2.05) is 43.6 Å². The first-order chi connectivity index (χ1) is 17.5. The van der Waals surface area contributed by atoms with Crippen LogP contribution in [-0.2, 0) is 6.42 Å². The number of aromatic amines is 1. The summed E-state index contributed by atoms with van der Waals surface area (Å²) in [4.78, 5) is 21.3. The number of halogens is 2. The van der Waals surface area contributed by atoms with E-state index in [0.717, 1.165) is 38.1 Å². The van der Waals surface area contributed by atoms with Crippen LogP contribution in [0.1, 0.15) is 11.1 Å². The number of hydrogen-bond donors (Lipinski definition) is 2. The molecule has 2 aromatic carbocycles. The van der Waals surface area contributed by atoms with E-state index in [1.54, 1.807) is 18.5 Å². The summed E-state index contributed by atoms with van der Waals surface area (Å²) in [6.07, 6.45) is 6.20. The second-order valence-corrected chi connectivity index (χ2v) is 9.58. The van der Waals surface area contributed by atoms with Gasteiger partial charge in [-0.3, -0.25) is 5.32 Å². The highest BCUT2D eigenvalue weighted by Crippen LogP contribution is 2.29. The third-order valence-electron chi connectivity index (χ3n) is 6.30. The maximum Gasteiger partial charge on any atom is 0.212 e. The summed E-state index contributed by atoms with van der Waals surface area (Å²) in [6.45, 7) is 3.97. The number of nitrogens with one attached hydrogen (secondary N) is 2. The molecule has 0 spiro atoms. The number of nitriles is 1. The number of H-pyrrole nitrogens is 1. The van der Waals surface area contributed by atoms with Crippen molar-refractivity contribution >= 4 is 44.4 Å². The number of piperazine rings is 1. The van der Waals surface area contributed by atoms with Crippen LogP contribution in [0.2, 0.25) is 0 Å². The van der Waals surface area contributed by atoms with Crippen molar-refractivity contribution in [1.29, 1.82) is 5.26 Å². The minimum atomic E-state index is -0.268. The van der Waals surface area contributed by atoms with Gasteiger partial charge in [-0.25, -0.2) is 19.4 Å². The monoisotopic (exact) mass is 546 g/mol. The number of rotatable bonds is 4. The Morgan fingerprint density at radius 3 is 2.86 bits per heavy atom. The number of aliphatic imine (C=N–C) groups is 1. The van der Waals surface area contributed by atoms with Crippen LogP contribution in [0.3, 0.4) is 0 Å². The average Bonchev–Trinajstić information content (AvgIpc) is 3.26. The van der Waals surface area contributed by atoms with Crippen LogP contribution < -0.4 is 10.2 Å². The molecule has 1 saturated heterocycles. The molecule has 8 nitrogen and oxygen atoms in total. The summed E-state index contributed by atoms with van der Waals surface area (Å²) < 4.78 is 14.5. The number of benzene rings is 2. The lowest BCUT2D eigenvalue weighted by molar-refractivity contribution is 0.272. The third-order valence-corrected chi connectivity index (χ3v) is 6.79. The maximum absolute atomic E-state index is 13.6. The summed E-state index contributed by atoms with van der Waals surface area (Å²) in [5.74, 6) is 1.09. The first kappa shape index (κ1) is 23.8. The lowest BCUT2D eigenvalue weighted by atomic mass is 10.0. The SMILES string of the molecule is Cc1c[nH]c2ncnc(N3CCN(C(=Nc4cccc(Br)c4)NC#N)C(Cc4ccc(F)cc4)C3)c12. The van der Waals surface area contributed by atoms with Crippen molar-refractivity contribution in [1.82, 2.24) is 25.2 Å². The maximum atomic E-state index is 13.6. The highest BCUT2D eigenvalue weighted by Gasteiger charge is 2.31. The molecule has 0 bridgehead atoms. The molecule has 1 aliphatic heterocycles. The quantitative estimate of drug-likeness (QED) is 0.167. The fourth-order valence-electron chi connectivity index (χ4n) is 4.61. The zero-order valence-corrected chi connectivity index (χ0v) is 21.2. The van der Waals surface area contributed by atoms with Crippen molar-refractivity contribution in [3.05, 3.63) is 82.5 Å². The molecule has 1 fully saturated rings. The van der Waals surface area contributed by atoms with E-state index in [4.69, 9.17) is 4.99 Å². The molecule has 36 heavy (non-hydrogen) atoms. The first-order valence-corrected chi connectivity index (χ1v) is 12.3. The van der Waals surface area contributed by atoms with E-state index in [0.29, 0.717) is 32.0 Å². The lowest BCUT2D eigenvalue weighted by Crippen LogP contribution is -2.58. The predicted octanol–water partition coefficient (Wildman–Crippen LogP) is 4.66. The van der Waals surface area contributed by atoms with Crippen LogP contribution in [0.5, 0.6) is 0 Å². The Labute approximate surface area is 216 Å². The molecule has 0 saturated carbocycles. The summed E-state index contributed by atoms with van der Waals surface area (Å²) in [5, 5.41) is 13.3. The van der Waals surface area contributed by atoms with Gasteiger partial charge in [0.25, 0.3) is 0 Å². The molecule has 0 aliphatic carbocycles. The molecule has 182 valence electrons. The van der Waals surface area contributed by atoms with Gasteiger partial charge in [-0.2, -0.15) is 5.26 Å². The molecule has 4 aromatic rings. The standard InChI is InChI=1S/C26H24BrFN8/c1-17-13-30-24-23(17)25(33-16-32-24)35-9-10-36(22(14-35)11-18-5-7-20(28)8-6-18)26(31-15-29)34-21-4-2-3-19(27)12-21/h2-8,12-13,16,22H,9-11,14H2,1H3,(H,31,34)(H,30,32,33). The minimum Gasteiger partial charge on any atom is -0.352 e. The van der Waals surface area contributed by atoms with E-state index in [2.05, 4.69) is 46.0 Å². The van der Waals surface area contributed by atoms with Crippen LogP contribution in [0.25, 0.3) is 11.0 Å². The molecule has 1 unspecified atom stereocenters. The van der Waals surface area contributed by atoms with Crippen molar-refractivity contribution in [2.45, 2.75) is 19.4 Å². The Bertz CT molecular complexity index is 1440. The van der Waals surface area contributed by atoms with E-state index in [1.165, 1.54) is 12.1 Å². The Balaban J connectivity index is 1.51. The molecule has 2 aromatic heterocycles. The van der Waals surface area contributed by atoms with Gasteiger partial charge in [-0.15, -0.1) is 0 Å². The minimum absolute atomic E-state index is 0.0553. The zero-order chi connectivity index (χ0) is 25.1. The van der Waals surface area contributed by atoms with Crippen molar-refractivity contribution in [3.63, 3.8) is 0 Å². The van der Waals surface area contributed by atoms with Crippen LogP contribution in [-0.4, -0.2) is 51.5 Å². The average molecular weight is 547 g/mol. The molecule has 5 rings (SSSR count).